The van der Waals surface area contributed by atoms with Crippen molar-refractivity contribution in [2.45, 2.75) is 26.3 Å². The maximum Gasteiger partial charge on any atom is 0.252 e. The number of benzene rings is 2. The minimum absolute atomic E-state index is 0.180. The normalized spacial score (nSPS) is 11.9. The van der Waals surface area contributed by atoms with E-state index in [0.717, 1.165) is 38.9 Å². The number of amides is 2. The molecule has 3 heterocycles. The fraction of sp³-hybridized carbons (Fsp3) is 0.179. The van der Waals surface area contributed by atoms with Gasteiger partial charge >= 0.3 is 0 Å². The van der Waals surface area contributed by atoms with Crippen molar-refractivity contribution in [2.75, 3.05) is 5.32 Å². The van der Waals surface area contributed by atoms with E-state index in [-0.39, 0.29) is 24.3 Å². The molecule has 0 bridgehead atoms. The molecule has 1 atom stereocenters. The van der Waals surface area contributed by atoms with Gasteiger partial charge in [-0.1, -0.05) is 30.3 Å². The fourth-order valence-electron chi connectivity index (χ4n) is 4.40. The van der Waals surface area contributed by atoms with Crippen LogP contribution in [0, 0.1) is 6.92 Å². The molecule has 37 heavy (non-hydrogen) atoms. The van der Waals surface area contributed by atoms with Crippen molar-refractivity contribution in [3.8, 4) is 11.3 Å². The molecule has 5 rings (SSSR count). The lowest BCUT2D eigenvalue weighted by Crippen LogP contribution is -2.27. The van der Waals surface area contributed by atoms with E-state index in [9.17, 15) is 9.59 Å². The van der Waals surface area contributed by atoms with Crippen LogP contribution in [0.25, 0.3) is 22.2 Å². The van der Waals surface area contributed by atoms with Crippen LogP contribution in [0.5, 0.6) is 0 Å². The summed E-state index contributed by atoms with van der Waals surface area (Å²) in [5, 5.41) is 11.1. The highest BCUT2D eigenvalue weighted by Gasteiger charge is 2.18. The van der Waals surface area contributed by atoms with Gasteiger partial charge in [0.05, 0.1) is 29.9 Å². The number of nitrogens with one attached hydrogen (secondary N) is 3. The van der Waals surface area contributed by atoms with Crippen molar-refractivity contribution in [3.05, 3.63) is 95.6 Å². The average Bonchev–Trinajstić information content (AvgIpc) is 3.55. The summed E-state index contributed by atoms with van der Waals surface area (Å²) in [6, 6.07) is 15.1. The lowest BCUT2D eigenvalue weighted by Gasteiger charge is -2.18. The van der Waals surface area contributed by atoms with Gasteiger partial charge in [-0.15, -0.1) is 0 Å². The van der Waals surface area contributed by atoms with Crippen LogP contribution in [0.4, 0.5) is 5.95 Å². The maximum absolute atomic E-state index is 13.3. The van der Waals surface area contributed by atoms with E-state index in [1.165, 1.54) is 0 Å². The quantitative estimate of drug-likeness (QED) is 0.312. The second-order valence-corrected chi connectivity index (χ2v) is 9.02. The number of aryl methyl sites for hydroxylation is 2. The zero-order chi connectivity index (χ0) is 25.9. The van der Waals surface area contributed by atoms with Crippen LogP contribution in [-0.4, -0.2) is 36.5 Å². The maximum atomic E-state index is 13.3. The van der Waals surface area contributed by atoms with Gasteiger partial charge in [-0.25, -0.2) is 9.97 Å². The number of H-pyrrole nitrogens is 1. The van der Waals surface area contributed by atoms with Crippen molar-refractivity contribution < 1.29 is 9.59 Å². The first-order chi connectivity index (χ1) is 17.9. The van der Waals surface area contributed by atoms with E-state index in [2.05, 4.69) is 25.7 Å². The Balaban J connectivity index is 1.35. The zero-order valence-corrected chi connectivity index (χ0v) is 20.8. The number of aromatic amines is 1. The highest BCUT2D eigenvalue weighted by Crippen LogP contribution is 2.29. The summed E-state index contributed by atoms with van der Waals surface area (Å²) in [5.74, 6) is 0.0385. The molecule has 0 aliphatic carbocycles. The summed E-state index contributed by atoms with van der Waals surface area (Å²) < 4.78 is 1.74. The van der Waals surface area contributed by atoms with Crippen molar-refractivity contribution in [3.63, 3.8) is 0 Å². The van der Waals surface area contributed by atoms with Gasteiger partial charge in [-0.2, -0.15) is 5.10 Å². The van der Waals surface area contributed by atoms with Crippen molar-refractivity contribution in [1.29, 1.82) is 0 Å². The van der Waals surface area contributed by atoms with Gasteiger partial charge in [0.1, 0.15) is 0 Å². The molecule has 3 N–H and O–H groups in total. The molecule has 5 aromatic rings. The number of carbonyl (C=O) groups is 2. The van der Waals surface area contributed by atoms with Crippen LogP contribution >= 0.6 is 0 Å². The van der Waals surface area contributed by atoms with Gasteiger partial charge < -0.3 is 10.3 Å². The predicted molar refractivity (Wildman–Crippen MR) is 142 cm³/mol. The predicted octanol–water partition coefficient (Wildman–Crippen LogP) is 4.34. The molecule has 0 saturated heterocycles. The van der Waals surface area contributed by atoms with Crippen LogP contribution in [0.1, 0.15) is 40.0 Å². The van der Waals surface area contributed by atoms with Crippen LogP contribution < -0.4 is 10.6 Å². The number of carbonyl (C=O) groups excluding carboxylic acids is 2. The van der Waals surface area contributed by atoms with Gasteiger partial charge in [-0.05, 0) is 48.7 Å². The molecule has 0 saturated carbocycles. The molecule has 0 aliphatic heterocycles. The molecular formula is C28H27N7O2. The van der Waals surface area contributed by atoms with Crippen molar-refractivity contribution in [1.82, 2.24) is 30.0 Å². The molecular weight excluding hydrogens is 466 g/mol. The van der Waals surface area contributed by atoms with E-state index < -0.39 is 0 Å². The van der Waals surface area contributed by atoms with E-state index in [1.54, 1.807) is 35.4 Å². The summed E-state index contributed by atoms with van der Waals surface area (Å²) in [7, 11) is 1.87. The van der Waals surface area contributed by atoms with Gasteiger partial charge in [0.2, 0.25) is 11.9 Å². The first kappa shape index (κ1) is 23.9. The van der Waals surface area contributed by atoms with Crippen molar-refractivity contribution in [2.24, 2.45) is 7.05 Å². The number of nitrogens with zero attached hydrogens (tertiary/aromatic N) is 4. The largest absolute Gasteiger partial charge is 0.345 e. The number of fused-ring (bicyclic) bond motifs is 1. The number of rotatable bonds is 7. The van der Waals surface area contributed by atoms with Gasteiger partial charge in [-0.3, -0.25) is 19.6 Å². The Labute approximate surface area is 214 Å². The minimum atomic E-state index is -0.269. The molecule has 3 aromatic heterocycles. The molecule has 0 radical (unpaired) electrons. The summed E-state index contributed by atoms with van der Waals surface area (Å²) in [6.07, 6.45) is 7.10. The Hall–Kier alpha value is -4.79. The summed E-state index contributed by atoms with van der Waals surface area (Å²) in [5.41, 5.74) is 5.71. The Morgan fingerprint density at radius 1 is 1.14 bits per heavy atom. The van der Waals surface area contributed by atoms with Gasteiger partial charge in [0.15, 0.2) is 0 Å². The standard InChI is InChI=1S/C28H27N7O2/c1-17-12-19(13-26(36)34-28-29-10-11-30-28)8-9-21(17)27(37)32-18(2)23-14-25(20-15-31-35(3)16-20)33-24-7-5-4-6-22(23)24/h4-12,14-16,18H,13H2,1-3H3,(H,32,37)(H2,29,30,34,36)/t18-/m1/s1. The third-order valence-corrected chi connectivity index (χ3v) is 6.22. The molecule has 9 nitrogen and oxygen atoms in total. The molecule has 0 fully saturated rings. The zero-order valence-electron chi connectivity index (χ0n) is 20.8. The first-order valence-corrected chi connectivity index (χ1v) is 12.0. The summed E-state index contributed by atoms with van der Waals surface area (Å²) >= 11 is 0. The molecule has 0 spiro atoms. The number of anilines is 1. The molecule has 2 aromatic carbocycles. The molecule has 186 valence electrons. The van der Waals surface area contributed by atoms with E-state index in [4.69, 9.17) is 4.98 Å². The second-order valence-electron chi connectivity index (χ2n) is 9.02. The van der Waals surface area contributed by atoms with E-state index in [0.29, 0.717) is 11.5 Å². The lowest BCUT2D eigenvalue weighted by molar-refractivity contribution is -0.115. The topological polar surface area (TPSA) is 118 Å². The Bertz CT molecular complexity index is 1590. The fourth-order valence-corrected chi connectivity index (χ4v) is 4.40. The Kier molecular flexibility index (Phi) is 6.51. The first-order valence-electron chi connectivity index (χ1n) is 12.0. The SMILES string of the molecule is Cc1cc(CC(=O)Nc2ncc[nH]2)ccc1C(=O)N[C@H](C)c1cc(-c2cnn(C)c2)nc2ccccc12. The minimum Gasteiger partial charge on any atom is -0.345 e. The number of hydrogen-bond acceptors (Lipinski definition) is 5. The molecule has 0 aliphatic rings. The monoisotopic (exact) mass is 493 g/mol. The van der Waals surface area contributed by atoms with Crippen molar-refractivity contribution >= 4 is 28.7 Å². The molecule has 2 amide bonds. The van der Waals surface area contributed by atoms with Crippen LogP contribution in [-0.2, 0) is 18.3 Å². The Morgan fingerprint density at radius 2 is 1.97 bits per heavy atom. The second kappa shape index (κ2) is 10.1. The summed E-state index contributed by atoms with van der Waals surface area (Å²) in [4.78, 5) is 37.2. The number of hydrogen-bond donors (Lipinski definition) is 3. The number of imidazole rings is 1. The lowest BCUT2D eigenvalue weighted by atomic mass is 9.99. The van der Waals surface area contributed by atoms with Crippen LogP contribution in [0.2, 0.25) is 0 Å². The average molecular weight is 494 g/mol. The van der Waals surface area contributed by atoms with Crippen LogP contribution in [0.15, 0.2) is 73.3 Å². The smallest absolute Gasteiger partial charge is 0.252 e. The van der Waals surface area contributed by atoms with E-state index in [1.807, 2.05) is 63.5 Å². The summed E-state index contributed by atoms with van der Waals surface area (Å²) in [6.45, 7) is 3.84. The highest BCUT2D eigenvalue weighted by atomic mass is 16.2. The van der Waals surface area contributed by atoms with Gasteiger partial charge in [0.25, 0.3) is 5.91 Å². The third-order valence-electron chi connectivity index (χ3n) is 6.22. The molecule has 0 unspecified atom stereocenters. The van der Waals surface area contributed by atoms with E-state index >= 15 is 0 Å². The number of para-hydroxylation sites is 1. The third kappa shape index (κ3) is 5.25. The molecule has 9 heteroatoms. The van der Waals surface area contributed by atoms with Gasteiger partial charge in [0, 0.05) is 42.2 Å². The van der Waals surface area contributed by atoms with Crippen LogP contribution in [0.3, 0.4) is 0 Å². The number of aromatic nitrogens is 5. The number of pyridine rings is 1. The highest BCUT2D eigenvalue weighted by molar-refractivity contribution is 5.97. The Morgan fingerprint density at radius 3 is 2.70 bits per heavy atom.